The lowest BCUT2D eigenvalue weighted by Crippen LogP contribution is -2.14. The molecule has 0 aliphatic carbocycles. The van der Waals surface area contributed by atoms with Crippen LogP contribution in [0.25, 0.3) is 0 Å². The lowest BCUT2D eigenvalue weighted by Gasteiger charge is -2.08. The number of unbranched alkanes of at least 4 members (excludes halogenated alkanes) is 12. The van der Waals surface area contributed by atoms with Gasteiger partial charge in [-0.05, 0) is 6.42 Å². The molecule has 0 aromatic rings. The maximum Gasteiger partial charge on any atom is 0.0704 e. The topological polar surface area (TPSA) is 64.6 Å². The summed E-state index contributed by atoms with van der Waals surface area (Å²) in [4.78, 5) is 0. The van der Waals surface area contributed by atoms with E-state index in [1.807, 2.05) is 0 Å². The molecule has 37 heavy (non-hydrogen) atoms. The van der Waals surface area contributed by atoms with Gasteiger partial charge < -0.3 is 33.2 Å². The van der Waals surface area contributed by atoms with Crippen molar-refractivity contribution in [1.82, 2.24) is 0 Å². The summed E-state index contributed by atoms with van der Waals surface area (Å²) >= 11 is 0. The van der Waals surface area contributed by atoms with Crippen molar-refractivity contribution in [3.63, 3.8) is 0 Å². The molecule has 0 heterocycles. The lowest BCUT2D eigenvalue weighted by atomic mass is 10.0. The van der Waals surface area contributed by atoms with Crippen molar-refractivity contribution >= 4 is 0 Å². The van der Waals surface area contributed by atoms with E-state index in [2.05, 4.69) is 13.5 Å². The zero-order valence-corrected chi connectivity index (χ0v) is 24.2. The van der Waals surface area contributed by atoms with E-state index in [-0.39, 0.29) is 0 Å². The summed E-state index contributed by atoms with van der Waals surface area (Å²) in [6.07, 6.45) is 19.6. The molecule has 0 bridgehead atoms. The largest absolute Gasteiger partial charge is 0.379 e. The van der Waals surface area contributed by atoms with Crippen LogP contribution in [0.15, 0.2) is 12.7 Å². The average Bonchev–Trinajstić information content (AvgIpc) is 2.91. The van der Waals surface area contributed by atoms with E-state index >= 15 is 0 Å². The van der Waals surface area contributed by atoms with E-state index in [9.17, 15) is 0 Å². The SMILES string of the molecule is C=CCOCCOCCOCCOCCOCCOCCOCCCCCCCCCCCCCCC. The molecular formula is C30H60O7. The van der Waals surface area contributed by atoms with Gasteiger partial charge in [0.25, 0.3) is 0 Å². The highest BCUT2D eigenvalue weighted by Crippen LogP contribution is 2.12. The standard InChI is InChI=1S/C30H60O7/c1-3-5-6-7-8-9-10-11-12-13-14-15-16-18-32-20-22-34-24-26-36-28-30-37-29-27-35-25-23-33-21-19-31-17-4-2/h4H,2-3,5-30H2,1H3. The zero-order valence-electron chi connectivity index (χ0n) is 24.2. The Bertz CT molecular complexity index is 409. The fourth-order valence-corrected chi connectivity index (χ4v) is 3.71. The number of hydrogen-bond acceptors (Lipinski definition) is 7. The molecule has 0 saturated heterocycles. The first-order valence-electron chi connectivity index (χ1n) is 15.1. The molecule has 0 unspecified atom stereocenters. The highest BCUT2D eigenvalue weighted by molar-refractivity contribution is 4.63. The van der Waals surface area contributed by atoms with Gasteiger partial charge in [-0.3, -0.25) is 0 Å². The quantitative estimate of drug-likeness (QED) is 0.0704. The van der Waals surface area contributed by atoms with Crippen molar-refractivity contribution in [1.29, 1.82) is 0 Å². The smallest absolute Gasteiger partial charge is 0.0704 e. The van der Waals surface area contributed by atoms with Crippen molar-refractivity contribution in [2.45, 2.75) is 90.4 Å². The third kappa shape index (κ3) is 35.5. The van der Waals surface area contributed by atoms with Crippen molar-refractivity contribution in [3.05, 3.63) is 12.7 Å². The fourth-order valence-electron chi connectivity index (χ4n) is 3.71. The molecule has 0 aromatic carbocycles. The third-order valence-electron chi connectivity index (χ3n) is 5.86. The number of ether oxygens (including phenoxy) is 7. The number of hydrogen-bond donors (Lipinski definition) is 0. The molecule has 0 atom stereocenters. The van der Waals surface area contributed by atoms with Crippen molar-refractivity contribution in [2.24, 2.45) is 0 Å². The second kappa shape index (κ2) is 35.5. The van der Waals surface area contributed by atoms with Crippen molar-refractivity contribution in [3.8, 4) is 0 Å². The summed E-state index contributed by atoms with van der Waals surface area (Å²) in [7, 11) is 0. The fraction of sp³-hybridized carbons (Fsp3) is 0.933. The molecule has 0 aliphatic rings. The molecule has 0 aliphatic heterocycles. The second-order valence-corrected chi connectivity index (χ2v) is 9.28. The molecule has 0 spiro atoms. The lowest BCUT2D eigenvalue weighted by molar-refractivity contribution is -0.0198. The van der Waals surface area contributed by atoms with Gasteiger partial charge in [0.1, 0.15) is 0 Å². The van der Waals surface area contributed by atoms with Crippen LogP contribution in [0, 0.1) is 0 Å². The highest BCUT2D eigenvalue weighted by Gasteiger charge is 1.96. The molecule has 0 radical (unpaired) electrons. The minimum absolute atomic E-state index is 0.554. The molecule has 7 heteroatoms. The summed E-state index contributed by atoms with van der Waals surface area (Å²) in [6.45, 7) is 14.2. The van der Waals surface area contributed by atoms with Crippen LogP contribution in [0.5, 0.6) is 0 Å². The number of rotatable bonds is 34. The van der Waals surface area contributed by atoms with Crippen LogP contribution in [0.4, 0.5) is 0 Å². The van der Waals surface area contributed by atoms with Gasteiger partial charge in [-0.2, -0.15) is 0 Å². The minimum Gasteiger partial charge on any atom is -0.379 e. The van der Waals surface area contributed by atoms with Crippen molar-refractivity contribution < 1.29 is 33.2 Å². The van der Waals surface area contributed by atoms with Gasteiger partial charge in [-0.1, -0.05) is 90.0 Å². The molecule has 0 aromatic heterocycles. The zero-order chi connectivity index (χ0) is 26.7. The second-order valence-electron chi connectivity index (χ2n) is 9.28. The summed E-state index contributed by atoms with van der Waals surface area (Å²) < 4.78 is 38.2. The molecule has 0 amide bonds. The first kappa shape index (κ1) is 36.5. The van der Waals surface area contributed by atoms with Gasteiger partial charge in [0.15, 0.2) is 0 Å². The third-order valence-corrected chi connectivity index (χ3v) is 5.86. The van der Waals surface area contributed by atoms with E-state index in [4.69, 9.17) is 33.2 Å². The molecular weight excluding hydrogens is 472 g/mol. The Hall–Kier alpha value is -0.540. The molecule has 7 nitrogen and oxygen atoms in total. The van der Waals surface area contributed by atoms with Crippen molar-refractivity contribution in [2.75, 3.05) is 92.5 Å². The Labute approximate surface area is 228 Å². The summed E-state index contributed by atoms with van der Waals surface area (Å²) in [5.74, 6) is 0. The maximum absolute atomic E-state index is 5.65. The predicted octanol–water partition coefficient (Wildman–Crippen LogP) is 6.38. The summed E-state index contributed by atoms with van der Waals surface area (Å²) in [6, 6.07) is 0. The Balaban J connectivity index is 3.01. The summed E-state index contributed by atoms with van der Waals surface area (Å²) in [5, 5.41) is 0. The van der Waals surface area contributed by atoms with E-state index in [0.717, 1.165) is 13.0 Å². The normalized spacial score (nSPS) is 11.4. The van der Waals surface area contributed by atoms with Crippen LogP contribution in [0.3, 0.4) is 0 Å². The van der Waals surface area contributed by atoms with Gasteiger partial charge >= 0.3 is 0 Å². The van der Waals surface area contributed by atoms with E-state index in [1.54, 1.807) is 6.08 Å². The van der Waals surface area contributed by atoms with Crippen LogP contribution in [-0.4, -0.2) is 92.5 Å². The molecule has 0 N–H and O–H groups in total. The first-order chi connectivity index (χ1) is 18.4. The Morgan fingerprint density at radius 3 is 0.946 bits per heavy atom. The monoisotopic (exact) mass is 532 g/mol. The van der Waals surface area contributed by atoms with Gasteiger partial charge in [0.05, 0.1) is 85.9 Å². The molecule has 0 rings (SSSR count). The van der Waals surface area contributed by atoms with E-state index in [0.29, 0.717) is 85.9 Å². The molecule has 222 valence electrons. The van der Waals surface area contributed by atoms with Gasteiger partial charge in [0, 0.05) is 6.61 Å². The minimum atomic E-state index is 0.554. The predicted molar refractivity (Wildman–Crippen MR) is 152 cm³/mol. The average molecular weight is 533 g/mol. The Morgan fingerprint density at radius 1 is 0.351 bits per heavy atom. The Kier molecular flexibility index (Phi) is 34.9. The van der Waals surface area contributed by atoms with Crippen LogP contribution in [0.1, 0.15) is 90.4 Å². The van der Waals surface area contributed by atoms with E-state index in [1.165, 1.54) is 77.0 Å². The Morgan fingerprint density at radius 2 is 0.622 bits per heavy atom. The van der Waals surface area contributed by atoms with Gasteiger partial charge in [-0.25, -0.2) is 0 Å². The van der Waals surface area contributed by atoms with Gasteiger partial charge in [0.2, 0.25) is 0 Å². The van der Waals surface area contributed by atoms with Crippen LogP contribution < -0.4 is 0 Å². The van der Waals surface area contributed by atoms with Crippen LogP contribution in [-0.2, 0) is 33.2 Å². The van der Waals surface area contributed by atoms with Crippen LogP contribution >= 0.6 is 0 Å². The maximum atomic E-state index is 5.65. The molecule has 0 fully saturated rings. The molecule has 0 saturated carbocycles. The van der Waals surface area contributed by atoms with Gasteiger partial charge in [-0.15, -0.1) is 6.58 Å². The van der Waals surface area contributed by atoms with Crippen LogP contribution in [0.2, 0.25) is 0 Å². The summed E-state index contributed by atoms with van der Waals surface area (Å²) in [5.41, 5.74) is 0. The highest BCUT2D eigenvalue weighted by atomic mass is 16.6. The van der Waals surface area contributed by atoms with E-state index < -0.39 is 0 Å². The first-order valence-corrected chi connectivity index (χ1v) is 15.1.